The number of carbonyl (C=O) groups excluding carboxylic acids is 2. The van der Waals surface area contributed by atoms with Crippen LogP contribution in [0.3, 0.4) is 0 Å². The van der Waals surface area contributed by atoms with Gasteiger partial charge in [0, 0.05) is 13.6 Å². The molecule has 1 fully saturated rings. The third-order valence-corrected chi connectivity index (χ3v) is 3.76. The first-order chi connectivity index (χ1) is 11.3. The van der Waals surface area contributed by atoms with E-state index in [1.54, 1.807) is 14.0 Å². The summed E-state index contributed by atoms with van der Waals surface area (Å²) >= 11 is 0. The Hall–Kier alpha value is -1.18. The summed E-state index contributed by atoms with van der Waals surface area (Å²) in [7, 11) is 1.55. The molecule has 1 aliphatic heterocycles. The Morgan fingerprint density at radius 1 is 1.12 bits per heavy atom. The summed E-state index contributed by atoms with van der Waals surface area (Å²) in [4.78, 5) is 24.8. The van der Waals surface area contributed by atoms with Crippen molar-refractivity contribution in [3.8, 4) is 0 Å². The molecule has 0 radical (unpaired) electrons. The fraction of sp³-hybridized carbons (Fsp3) is 0.889. The van der Waals surface area contributed by atoms with Gasteiger partial charge in [-0.3, -0.25) is 9.59 Å². The monoisotopic (exact) mass is 357 g/mol. The highest BCUT2D eigenvalue weighted by Gasteiger charge is 2.36. The number of hydrogen-bond acceptors (Lipinski definition) is 5. The predicted molar refractivity (Wildman–Crippen MR) is 97.3 cm³/mol. The molecule has 0 unspecified atom stereocenters. The lowest BCUT2D eigenvalue weighted by Gasteiger charge is -2.31. The summed E-state index contributed by atoms with van der Waals surface area (Å²) in [6.45, 7) is 14.1. The van der Waals surface area contributed by atoms with E-state index in [1.807, 2.05) is 41.5 Å². The Morgan fingerprint density at radius 2 is 1.72 bits per heavy atom. The Balaban J connectivity index is 2.68. The molecule has 7 nitrogen and oxygen atoms in total. The van der Waals surface area contributed by atoms with E-state index in [2.05, 4.69) is 16.0 Å². The molecule has 1 heterocycles. The second-order valence-corrected chi connectivity index (χ2v) is 8.58. The molecule has 0 aromatic rings. The molecule has 0 saturated carbocycles. The maximum atomic E-state index is 12.6. The lowest BCUT2D eigenvalue weighted by Crippen LogP contribution is -2.56. The molecule has 4 atom stereocenters. The fourth-order valence-corrected chi connectivity index (χ4v) is 2.92. The van der Waals surface area contributed by atoms with Crippen LogP contribution in [-0.4, -0.2) is 60.9 Å². The highest BCUT2D eigenvalue weighted by Crippen LogP contribution is 2.19. The molecule has 1 saturated heterocycles. The van der Waals surface area contributed by atoms with Crippen LogP contribution in [-0.2, 0) is 19.1 Å². The van der Waals surface area contributed by atoms with Gasteiger partial charge in [0.2, 0.25) is 11.8 Å². The molecule has 25 heavy (non-hydrogen) atoms. The van der Waals surface area contributed by atoms with Gasteiger partial charge in [-0.1, -0.05) is 0 Å². The van der Waals surface area contributed by atoms with Gasteiger partial charge in [0.1, 0.15) is 6.04 Å². The van der Waals surface area contributed by atoms with Gasteiger partial charge in [-0.25, -0.2) is 0 Å². The van der Waals surface area contributed by atoms with Gasteiger partial charge in [-0.2, -0.15) is 0 Å². The molecule has 146 valence electrons. The summed E-state index contributed by atoms with van der Waals surface area (Å²) in [6.07, 6.45) is 0.113. The molecule has 7 heteroatoms. The van der Waals surface area contributed by atoms with Crippen molar-refractivity contribution in [3.63, 3.8) is 0 Å². The van der Waals surface area contributed by atoms with E-state index in [9.17, 15) is 9.59 Å². The van der Waals surface area contributed by atoms with Crippen molar-refractivity contribution in [1.29, 1.82) is 0 Å². The van der Waals surface area contributed by atoms with Crippen molar-refractivity contribution < 1.29 is 19.1 Å². The van der Waals surface area contributed by atoms with Crippen molar-refractivity contribution in [2.75, 3.05) is 13.6 Å². The van der Waals surface area contributed by atoms with Crippen LogP contribution < -0.4 is 16.0 Å². The summed E-state index contributed by atoms with van der Waals surface area (Å²) in [5.41, 5.74) is -0.662. The number of carbonyl (C=O) groups is 2. The number of amides is 2. The predicted octanol–water partition coefficient (Wildman–Crippen LogP) is 0.966. The van der Waals surface area contributed by atoms with Gasteiger partial charge in [0.25, 0.3) is 0 Å². The fourth-order valence-electron chi connectivity index (χ4n) is 2.92. The van der Waals surface area contributed by atoms with Crippen LogP contribution in [0, 0.1) is 0 Å². The lowest BCUT2D eigenvalue weighted by atomic mass is 10.1. The third-order valence-electron chi connectivity index (χ3n) is 3.76. The van der Waals surface area contributed by atoms with Crippen molar-refractivity contribution in [2.45, 2.75) is 90.4 Å². The number of rotatable bonds is 6. The normalized spacial score (nSPS) is 23.8. The Kier molecular flexibility index (Phi) is 7.40. The number of nitrogens with one attached hydrogen (secondary N) is 3. The van der Waals surface area contributed by atoms with Gasteiger partial charge in [0.15, 0.2) is 0 Å². The molecule has 3 N–H and O–H groups in total. The summed E-state index contributed by atoms with van der Waals surface area (Å²) in [5.74, 6) is -0.483. The second kappa shape index (κ2) is 8.47. The largest absolute Gasteiger partial charge is 0.371 e. The lowest BCUT2D eigenvalue weighted by molar-refractivity contribution is -0.137. The first-order valence-corrected chi connectivity index (χ1v) is 8.93. The van der Waals surface area contributed by atoms with Crippen LogP contribution in [0.5, 0.6) is 0 Å². The van der Waals surface area contributed by atoms with E-state index in [0.717, 1.165) is 0 Å². The Labute approximate surface area is 151 Å². The molecule has 0 spiro atoms. The van der Waals surface area contributed by atoms with E-state index in [4.69, 9.17) is 9.47 Å². The van der Waals surface area contributed by atoms with Crippen LogP contribution in [0.2, 0.25) is 0 Å². The quantitative estimate of drug-likeness (QED) is 0.659. The topological polar surface area (TPSA) is 88.7 Å². The van der Waals surface area contributed by atoms with Crippen molar-refractivity contribution in [1.82, 2.24) is 16.0 Å². The average molecular weight is 357 g/mol. The number of likely N-dealkylation sites (N-methyl/N-ethyl adjacent to an activating group) is 1. The van der Waals surface area contributed by atoms with Gasteiger partial charge in [-0.05, 0) is 54.9 Å². The smallest absolute Gasteiger partial charge is 0.245 e. The van der Waals surface area contributed by atoms with Crippen LogP contribution in [0.15, 0.2) is 0 Å². The van der Waals surface area contributed by atoms with Crippen molar-refractivity contribution in [2.24, 2.45) is 0 Å². The molecule has 0 aromatic heterocycles. The summed E-state index contributed by atoms with van der Waals surface area (Å²) in [6, 6.07) is -1.12. The van der Waals surface area contributed by atoms with Gasteiger partial charge in [0.05, 0.1) is 29.5 Å². The standard InChI is InChI=1S/C18H35N3O4/c1-11(24-17(2,3)4)14(16(23)19-8)21-15(22)13-9-12(10-20-13)25-18(5,6)7/h11-14,20H,9-10H2,1-8H3,(H,19,23)(H,21,22)/t11-,12+,13+,14-/m1/s1. The van der Waals surface area contributed by atoms with Gasteiger partial charge >= 0.3 is 0 Å². The van der Waals surface area contributed by atoms with E-state index in [-0.39, 0.29) is 29.6 Å². The third kappa shape index (κ3) is 7.71. The molecule has 1 aliphatic rings. The van der Waals surface area contributed by atoms with Crippen LogP contribution in [0.25, 0.3) is 0 Å². The molecule has 1 rings (SSSR count). The summed E-state index contributed by atoms with van der Waals surface area (Å²) < 4.78 is 11.8. The maximum Gasteiger partial charge on any atom is 0.245 e. The highest BCUT2D eigenvalue weighted by molar-refractivity contribution is 5.90. The molecular formula is C18H35N3O4. The molecule has 2 amide bonds. The zero-order chi connectivity index (χ0) is 19.4. The van der Waals surface area contributed by atoms with Gasteiger partial charge in [-0.15, -0.1) is 0 Å². The minimum absolute atomic E-state index is 0.0162. The van der Waals surface area contributed by atoms with E-state index in [0.29, 0.717) is 13.0 Å². The van der Waals surface area contributed by atoms with Crippen LogP contribution in [0.1, 0.15) is 54.9 Å². The van der Waals surface area contributed by atoms with Crippen molar-refractivity contribution in [3.05, 3.63) is 0 Å². The molecular weight excluding hydrogens is 322 g/mol. The van der Waals surface area contributed by atoms with Crippen LogP contribution in [0.4, 0.5) is 0 Å². The number of ether oxygens (including phenoxy) is 2. The number of hydrogen-bond donors (Lipinski definition) is 3. The average Bonchev–Trinajstić information content (AvgIpc) is 2.88. The van der Waals surface area contributed by atoms with Gasteiger partial charge < -0.3 is 25.4 Å². The van der Waals surface area contributed by atoms with Crippen LogP contribution >= 0.6 is 0 Å². The summed E-state index contributed by atoms with van der Waals surface area (Å²) in [5, 5.41) is 8.58. The Morgan fingerprint density at radius 3 is 2.20 bits per heavy atom. The highest BCUT2D eigenvalue weighted by atomic mass is 16.5. The maximum absolute atomic E-state index is 12.6. The van der Waals surface area contributed by atoms with E-state index in [1.165, 1.54) is 0 Å². The SMILES string of the molecule is CNC(=O)[C@H](NC(=O)[C@@H]1C[C@H](OC(C)(C)C)CN1)[C@@H](C)OC(C)(C)C. The minimum Gasteiger partial charge on any atom is -0.371 e. The first kappa shape index (κ1) is 21.9. The van der Waals surface area contributed by atoms with E-state index >= 15 is 0 Å². The molecule has 0 bridgehead atoms. The van der Waals surface area contributed by atoms with Crippen molar-refractivity contribution >= 4 is 11.8 Å². The molecule has 0 aromatic carbocycles. The zero-order valence-electron chi connectivity index (χ0n) is 16.9. The first-order valence-electron chi connectivity index (χ1n) is 8.93. The second-order valence-electron chi connectivity index (χ2n) is 8.58. The minimum atomic E-state index is -0.749. The molecule has 0 aliphatic carbocycles. The van der Waals surface area contributed by atoms with E-state index < -0.39 is 17.7 Å². The Bertz CT molecular complexity index is 468. The zero-order valence-corrected chi connectivity index (χ0v) is 16.9.